The first-order chi connectivity index (χ1) is 5.63. The lowest BCUT2D eigenvalue weighted by Gasteiger charge is -1.98. The summed E-state index contributed by atoms with van der Waals surface area (Å²) in [4.78, 5) is 20.9. The van der Waals surface area contributed by atoms with Crippen LogP contribution in [0.1, 0.15) is 0 Å². The maximum absolute atomic E-state index is 10.5. The molecule has 0 aromatic rings. The van der Waals surface area contributed by atoms with Crippen molar-refractivity contribution < 1.29 is 19.8 Å². The zero-order valence-corrected chi connectivity index (χ0v) is 7.57. The molecule has 1 heterocycles. The lowest BCUT2D eigenvalue weighted by Crippen LogP contribution is -2.12. The molecule has 0 bridgehead atoms. The molecule has 0 aromatic carbocycles. The van der Waals surface area contributed by atoms with Gasteiger partial charge in [-0.25, -0.2) is 9.59 Å². The van der Waals surface area contributed by atoms with Gasteiger partial charge in [0.25, 0.3) is 0 Å². The van der Waals surface area contributed by atoms with E-state index in [4.69, 9.17) is 10.2 Å². The summed E-state index contributed by atoms with van der Waals surface area (Å²) in [5, 5.41) is 17.1. The van der Waals surface area contributed by atoms with E-state index in [0.717, 1.165) is 11.5 Å². The molecule has 0 aromatic heterocycles. The molecule has 1 rings (SSSR count). The van der Waals surface area contributed by atoms with E-state index in [0.29, 0.717) is 4.24 Å². The van der Waals surface area contributed by atoms with Gasteiger partial charge in [0.15, 0.2) is 5.57 Å². The molecular weight excluding hydrogens is 200 g/mol. The van der Waals surface area contributed by atoms with E-state index < -0.39 is 17.5 Å². The van der Waals surface area contributed by atoms with Crippen molar-refractivity contribution >= 4 is 35.5 Å². The summed E-state index contributed by atoms with van der Waals surface area (Å²) in [6.45, 7) is 0. The van der Waals surface area contributed by atoms with Crippen molar-refractivity contribution in [3.05, 3.63) is 9.81 Å². The van der Waals surface area contributed by atoms with Crippen molar-refractivity contribution in [1.82, 2.24) is 0 Å². The van der Waals surface area contributed by atoms with Crippen LogP contribution in [0.2, 0.25) is 0 Å². The molecule has 0 amide bonds. The Morgan fingerprint density at radius 1 is 1.08 bits per heavy atom. The van der Waals surface area contributed by atoms with E-state index in [1.54, 1.807) is 0 Å². The summed E-state index contributed by atoms with van der Waals surface area (Å²) in [7, 11) is 0. The highest BCUT2D eigenvalue weighted by Crippen LogP contribution is 2.38. The van der Waals surface area contributed by atoms with Gasteiger partial charge in [0.2, 0.25) is 0 Å². The van der Waals surface area contributed by atoms with Crippen LogP contribution in [-0.4, -0.2) is 33.7 Å². The second-order valence-electron chi connectivity index (χ2n) is 1.97. The van der Waals surface area contributed by atoms with Crippen LogP contribution in [0.3, 0.4) is 0 Å². The van der Waals surface area contributed by atoms with Gasteiger partial charge in [-0.05, 0) is 0 Å². The van der Waals surface area contributed by atoms with Gasteiger partial charge in [-0.3, -0.25) is 0 Å². The molecule has 0 unspecified atom stereocenters. The maximum Gasteiger partial charge on any atom is 0.344 e. The molecule has 12 heavy (non-hydrogen) atoms. The van der Waals surface area contributed by atoms with E-state index in [-0.39, 0.29) is 0 Å². The van der Waals surface area contributed by atoms with Crippen LogP contribution in [-0.2, 0) is 9.59 Å². The van der Waals surface area contributed by atoms with Gasteiger partial charge in [0.1, 0.15) is 0 Å². The van der Waals surface area contributed by atoms with Crippen LogP contribution < -0.4 is 0 Å². The number of hydrogen-bond donors (Lipinski definition) is 2. The Balaban J connectivity index is 2.97. The molecule has 1 fully saturated rings. The molecule has 66 valence electrons. The minimum atomic E-state index is -1.36. The Hall–Kier alpha value is -0.620. The number of thioether (sulfide) groups is 2. The van der Waals surface area contributed by atoms with Crippen LogP contribution in [0.15, 0.2) is 9.81 Å². The number of carboxylic acids is 2. The fraction of sp³-hybridized carbons (Fsp3) is 0.333. The highest BCUT2D eigenvalue weighted by molar-refractivity contribution is 8.25. The van der Waals surface area contributed by atoms with Crippen molar-refractivity contribution in [2.75, 3.05) is 11.5 Å². The average Bonchev–Trinajstić information content (AvgIpc) is 2.37. The second kappa shape index (κ2) is 3.86. The van der Waals surface area contributed by atoms with Crippen molar-refractivity contribution in [2.45, 2.75) is 0 Å². The van der Waals surface area contributed by atoms with E-state index >= 15 is 0 Å². The molecule has 1 saturated heterocycles. The van der Waals surface area contributed by atoms with Crippen molar-refractivity contribution in [1.29, 1.82) is 0 Å². The lowest BCUT2D eigenvalue weighted by molar-refractivity contribution is -0.140. The SMILES string of the molecule is O=C(O)C(C(=O)O)=C1SCCS1. The Morgan fingerprint density at radius 3 is 1.83 bits per heavy atom. The third-order valence-electron chi connectivity index (χ3n) is 1.18. The molecule has 1 aliphatic heterocycles. The number of carboxylic acid groups (broad SMARTS) is 2. The van der Waals surface area contributed by atoms with Crippen LogP contribution in [0.4, 0.5) is 0 Å². The summed E-state index contributed by atoms with van der Waals surface area (Å²) in [6.07, 6.45) is 0. The molecule has 0 radical (unpaired) electrons. The van der Waals surface area contributed by atoms with Crippen molar-refractivity contribution in [3.63, 3.8) is 0 Å². The monoisotopic (exact) mass is 206 g/mol. The van der Waals surface area contributed by atoms with Gasteiger partial charge in [-0.15, -0.1) is 23.5 Å². The standard InChI is InChI=1S/C6H6O4S2/c7-4(8)3(5(9)10)6-11-1-2-12-6/h1-2H2,(H,7,8)(H,9,10). The fourth-order valence-electron chi connectivity index (χ4n) is 0.721. The number of rotatable bonds is 2. The minimum Gasteiger partial charge on any atom is -0.477 e. The first-order valence-electron chi connectivity index (χ1n) is 3.09. The highest BCUT2D eigenvalue weighted by Gasteiger charge is 2.25. The highest BCUT2D eigenvalue weighted by atomic mass is 32.2. The molecule has 0 saturated carbocycles. The van der Waals surface area contributed by atoms with Crippen LogP contribution in [0.5, 0.6) is 0 Å². The summed E-state index contributed by atoms with van der Waals surface area (Å²) in [6, 6.07) is 0. The predicted octanol–water partition coefficient (Wildman–Crippen LogP) is 0.847. The van der Waals surface area contributed by atoms with Crippen LogP contribution in [0.25, 0.3) is 0 Å². The van der Waals surface area contributed by atoms with E-state index in [1.807, 2.05) is 0 Å². The Bertz CT molecular complexity index is 234. The van der Waals surface area contributed by atoms with Gasteiger partial charge in [0.05, 0.1) is 4.24 Å². The molecule has 1 aliphatic rings. The third-order valence-corrected chi connectivity index (χ3v) is 3.90. The zero-order valence-electron chi connectivity index (χ0n) is 5.94. The van der Waals surface area contributed by atoms with Crippen LogP contribution >= 0.6 is 23.5 Å². The normalized spacial score (nSPS) is 16.2. The second-order valence-corrected chi connectivity index (χ2v) is 4.44. The van der Waals surface area contributed by atoms with Crippen molar-refractivity contribution in [3.8, 4) is 0 Å². The van der Waals surface area contributed by atoms with Gasteiger partial charge < -0.3 is 10.2 Å². The molecule has 0 aliphatic carbocycles. The average molecular weight is 206 g/mol. The molecule has 0 atom stereocenters. The zero-order chi connectivity index (χ0) is 9.14. The van der Waals surface area contributed by atoms with Crippen molar-refractivity contribution in [2.24, 2.45) is 0 Å². The van der Waals surface area contributed by atoms with Gasteiger partial charge >= 0.3 is 11.9 Å². The van der Waals surface area contributed by atoms with Gasteiger partial charge in [-0.1, -0.05) is 0 Å². The Kier molecular flexibility index (Phi) is 3.05. The minimum absolute atomic E-state index is 0.412. The summed E-state index contributed by atoms with van der Waals surface area (Å²) in [5.41, 5.74) is -0.498. The molecule has 6 heteroatoms. The predicted molar refractivity (Wildman–Crippen MR) is 47.2 cm³/mol. The topological polar surface area (TPSA) is 74.6 Å². The third kappa shape index (κ3) is 1.95. The van der Waals surface area contributed by atoms with E-state index in [9.17, 15) is 9.59 Å². The Labute approximate surface area is 77.0 Å². The first-order valence-corrected chi connectivity index (χ1v) is 5.06. The molecule has 4 nitrogen and oxygen atoms in total. The summed E-state index contributed by atoms with van der Waals surface area (Å²) in [5.74, 6) is -1.16. The number of aliphatic carboxylic acids is 2. The molecular formula is C6H6O4S2. The van der Waals surface area contributed by atoms with Crippen LogP contribution in [0, 0.1) is 0 Å². The molecule has 0 spiro atoms. The summed E-state index contributed by atoms with van der Waals surface area (Å²) < 4.78 is 0.412. The van der Waals surface area contributed by atoms with Gasteiger partial charge in [-0.2, -0.15) is 0 Å². The number of carbonyl (C=O) groups is 2. The Morgan fingerprint density at radius 2 is 1.50 bits per heavy atom. The summed E-state index contributed by atoms with van der Waals surface area (Å²) >= 11 is 2.58. The quantitative estimate of drug-likeness (QED) is 0.396. The van der Waals surface area contributed by atoms with E-state index in [2.05, 4.69) is 0 Å². The molecule has 2 N–H and O–H groups in total. The smallest absolute Gasteiger partial charge is 0.344 e. The first kappa shape index (κ1) is 9.47. The van der Waals surface area contributed by atoms with E-state index in [1.165, 1.54) is 23.5 Å². The lowest BCUT2D eigenvalue weighted by atomic mass is 10.3. The maximum atomic E-state index is 10.5. The largest absolute Gasteiger partial charge is 0.477 e. The number of hydrogen-bond acceptors (Lipinski definition) is 4. The van der Waals surface area contributed by atoms with Gasteiger partial charge in [0, 0.05) is 11.5 Å². The fourth-order valence-corrected chi connectivity index (χ4v) is 3.23.